The Labute approximate surface area is 88.5 Å². The molecule has 3 heteroatoms. The first-order valence-corrected chi connectivity index (χ1v) is 4.89. The molecular weight excluding hydrogens is 188 g/mol. The van der Waals surface area contributed by atoms with Crippen LogP contribution in [0.25, 0.3) is 0 Å². The molecule has 1 heterocycles. The van der Waals surface area contributed by atoms with E-state index in [0.717, 1.165) is 5.69 Å². The molecule has 0 radical (unpaired) electrons. The van der Waals surface area contributed by atoms with E-state index in [1.165, 1.54) is 0 Å². The number of pyridine rings is 1. The van der Waals surface area contributed by atoms with Gasteiger partial charge in [0.05, 0.1) is 18.2 Å². The number of nitrogens with one attached hydrogen (secondary N) is 1. The fraction of sp³-hybridized carbons (Fsp3) is 0.167. The molecule has 0 bridgehead atoms. The second kappa shape index (κ2) is 4.55. The molecule has 1 aromatic heterocycles. The third kappa shape index (κ3) is 2.53. The number of carbonyl (C=O) groups excluding carboxylic acids is 1. The molecule has 1 amide bonds. The summed E-state index contributed by atoms with van der Waals surface area (Å²) in [5.41, 5.74) is 0.872. The highest BCUT2D eigenvalue weighted by atomic mass is 16.1. The molecule has 0 atom stereocenters. The van der Waals surface area contributed by atoms with E-state index in [2.05, 4.69) is 10.3 Å². The van der Waals surface area contributed by atoms with E-state index in [-0.39, 0.29) is 11.8 Å². The van der Waals surface area contributed by atoms with Crippen molar-refractivity contribution in [1.29, 1.82) is 0 Å². The van der Waals surface area contributed by atoms with E-state index >= 15 is 0 Å². The summed E-state index contributed by atoms with van der Waals surface area (Å²) >= 11 is 0. The molecule has 0 saturated carbocycles. The zero-order valence-corrected chi connectivity index (χ0v) is 8.26. The standard InChI is InChI=1S/C12H12N2O/c15-12(10-5-1-2-6-10)14-9-11-7-3-4-8-13-11/h1-8,10H,9H2,(H,14,15). The van der Waals surface area contributed by atoms with Crippen LogP contribution >= 0.6 is 0 Å². The third-order valence-electron chi connectivity index (χ3n) is 2.22. The number of allylic oxidation sites excluding steroid dienone is 2. The molecule has 0 saturated heterocycles. The number of rotatable bonds is 3. The van der Waals surface area contributed by atoms with Gasteiger partial charge >= 0.3 is 0 Å². The number of nitrogens with zero attached hydrogens (tertiary/aromatic N) is 1. The lowest BCUT2D eigenvalue weighted by Gasteiger charge is -2.06. The van der Waals surface area contributed by atoms with Crippen LogP contribution in [0.4, 0.5) is 0 Å². The number of carbonyl (C=O) groups is 1. The van der Waals surface area contributed by atoms with Crippen LogP contribution < -0.4 is 5.32 Å². The number of aromatic nitrogens is 1. The lowest BCUT2D eigenvalue weighted by Crippen LogP contribution is -2.28. The lowest BCUT2D eigenvalue weighted by molar-refractivity contribution is -0.122. The second-order valence-electron chi connectivity index (χ2n) is 3.33. The van der Waals surface area contributed by atoms with Gasteiger partial charge in [-0.15, -0.1) is 0 Å². The molecule has 1 aliphatic rings. The Morgan fingerprint density at radius 2 is 2.13 bits per heavy atom. The third-order valence-corrected chi connectivity index (χ3v) is 2.22. The topological polar surface area (TPSA) is 42.0 Å². The Morgan fingerprint density at radius 1 is 1.33 bits per heavy atom. The van der Waals surface area contributed by atoms with E-state index in [0.29, 0.717) is 6.54 Å². The van der Waals surface area contributed by atoms with Gasteiger partial charge in [-0.05, 0) is 12.1 Å². The molecule has 0 aliphatic heterocycles. The summed E-state index contributed by atoms with van der Waals surface area (Å²) in [6.07, 6.45) is 9.22. The summed E-state index contributed by atoms with van der Waals surface area (Å²) in [5.74, 6) is -0.0978. The van der Waals surface area contributed by atoms with Gasteiger partial charge in [0.1, 0.15) is 0 Å². The summed E-state index contributed by atoms with van der Waals surface area (Å²) in [5, 5.41) is 2.84. The summed E-state index contributed by atoms with van der Waals surface area (Å²) in [4.78, 5) is 15.7. The first-order valence-electron chi connectivity index (χ1n) is 4.89. The van der Waals surface area contributed by atoms with Crippen molar-refractivity contribution in [3.05, 3.63) is 54.4 Å². The fourth-order valence-electron chi connectivity index (χ4n) is 1.40. The van der Waals surface area contributed by atoms with Gasteiger partial charge in [0.15, 0.2) is 0 Å². The molecule has 1 aliphatic carbocycles. The molecule has 3 nitrogen and oxygen atoms in total. The van der Waals surface area contributed by atoms with Crippen LogP contribution in [0.5, 0.6) is 0 Å². The average molecular weight is 200 g/mol. The average Bonchev–Trinajstić information content (AvgIpc) is 2.81. The van der Waals surface area contributed by atoms with Crippen molar-refractivity contribution in [2.45, 2.75) is 6.54 Å². The van der Waals surface area contributed by atoms with E-state index in [1.807, 2.05) is 42.5 Å². The molecular formula is C12H12N2O. The highest BCUT2D eigenvalue weighted by Gasteiger charge is 2.13. The highest BCUT2D eigenvalue weighted by Crippen LogP contribution is 2.08. The maximum Gasteiger partial charge on any atom is 0.231 e. The van der Waals surface area contributed by atoms with E-state index in [9.17, 15) is 4.79 Å². The predicted octanol–water partition coefficient (Wildman–Crippen LogP) is 1.44. The first-order chi connectivity index (χ1) is 7.36. The van der Waals surface area contributed by atoms with Crippen molar-refractivity contribution < 1.29 is 4.79 Å². The van der Waals surface area contributed by atoms with Crippen molar-refractivity contribution in [2.24, 2.45) is 5.92 Å². The molecule has 0 spiro atoms. The van der Waals surface area contributed by atoms with E-state index in [4.69, 9.17) is 0 Å². The molecule has 0 unspecified atom stereocenters. The van der Waals surface area contributed by atoms with Crippen LogP contribution in [0.1, 0.15) is 5.69 Å². The summed E-state index contributed by atoms with van der Waals surface area (Å²) in [6, 6.07) is 5.65. The minimum Gasteiger partial charge on any atom is -0.350 e. The molecule has 0 aromatic carbocycles. The quantitative estimate of drug-likeness (QED) is 0.802. The Bertz CT molecular complexity index is 383. The monoisotopic (exact) mass is 200 g/mol. The van der Waals surface area contributed by atoms with Gasteiger partial charge in [-0.25, -0.2) is 0 Å². The van der Waals surface area contributed by atoms with Gasteiger partial charge < -0.3 is 5.32 Å². The van der Waals surface area contributed by atoms with Gasteiger partial charge in [-0.2, -0.15) is 0 Å². The van der Waals surface area contributed by atoms with Gasteiger partial charge in [0.25, 0.3) is 0 Å². The number of amides is 1. The smallest absolute Gasteiger partial charge is 0.231 e. The van der Waals surface area contributed by atoms with Crippen LogP contribution in [-0.2, 0) is 11.3 Å². The predicted molar refractivity (Wildman–Crippen MR) is 57.9 cm³/mol. The number of hydrogen-bond acceptors (Lipinski definition) is 2. The molecule has 1 aromatic rings. The van der Waals surface area contributed by atoms with Crippen molar-refractivity contribution in [2.75, 3.05) is 0 Å². The van der Waals surface area contributed by atoms with Crippen LogP contribution in [0.3, 0.4) is 0 Å². The van der Waals surface area contributed by atoms with Crippen LogP contribution in [0.15, 0.2) is 48.7 Å². The fourth-order valence-corrected chi connectivity index (χ4v) is 1.40. The van der Waals surface area contributed by atoms with Crippen LogP contribution in [0.2, 0.25) is 0 Å². The van der Waals surface area contributed by atoms with Crippen LogP contribution in [-0.4, -0.2) is 10.9 Å². The van der Waals surface area contributed by atoms with E-state index < -0.39 is 0 Å². The van der Waals surface area contributed by atoms with Gasteiger partial charge in [0.2, 0.25) is 5.91 Å². The normalized spacial score (nSPS) is 14.4. The maximum atomic E-state index is 11.6. The molecule has 15 heavy (non-hydrogen) atoms. The molecule has 1 N–H and O–H groups in total. The van der Waals surface area contributed by atoms with E-state index in [1.54, 1.807) is 6.20 Å². The van der Waals surface area contributed by atoms with Crippen LogP contribution in [0, 0.1) is 5.92 Å². The van der Waals surface area contributed by atoms with Gasteiger partial charge in [-0.1, -0.05) is 30.4 Å². The van der Waals surface area contributed by atoms with Gasteiger partial charge in [0, 0.05) is 6.20 Å². The minimum atomic E-state index is -0.117. The molecule has 0 fully saturated rings. The Balaban J connectivity index is 1.86. The highest BCUT2D eigenvalue weighted by molar-refractivity contribution is 5.82. The van der Waals surface area contributed by atoms with Crippen molar-refractivity contribution in [1.82, 2.24) is 10.3 Å². The van der Waals surface area contributed by atoms with Crippen molar-refractivity contribution in [3.63, 3.8) is 0 Å². The maximum absolute atomic E-state index is 11.6. The second-order valence-corrected chi connectivity index (χ2v) is 3.33. The lowest BCUT2D eigenvalue weighted by atomic mass is 10.1. The Hall–Kier alpha value is -1.90. The summed E-state index contributed by atoms with van der Waals surface area (Å²) < 4.78 is 0. The SMILES string of the molecule is O=C(NCc1ccccn1)C1C=CC=C1. The zero-order valence-electron chi connectivity index (χ0n) is 8.26. The Kier molecular flexibility index (Phi) is 2.93. The first kappa shape index (κ1) is 9.65. The molecule has 2 rings (SSSR count). The molecule has 76 valence electrons. The summed E-state index contributed by atoms with van der Waals surface area (Å²) in [6.45, 7) is 0.484. The zero-order chi connectivity index (χ0) is 10.5. The number of hydrogen-bond donors (Lipinski definition) is 1. The minimum absolute atomic E-state index is 0.0191. The summed E-state index contributed by atoms with van der Waals surface area (Å²) in [7, 11) is 0. The largest absolute Gasteiger partial charge is 0.350 e. The van der Waals surface area contributed by atoms with Crippen molar-refractivity contribution >= 4 is 5.91 Å². The van der Waals surface area contributed by atoms with Gasteiger partial charge in [-0.3, -0.25) is 9.78 Å². The Morgan fingerprint density at radius 3 is 2.80 bits per heavy atom. The van der Waals surface area contributed by atoms with Crippen molar-refractivity contribution in [3.8, 4) is 0 Å².